The number of hydrogen-bond donors (Lipinski definition) is 2. The average molecular weight is 198 g/mol. The maximum atomic E-state index is 5.44. The van der Waals surface area contributed by atoms with Gasteiger partial charge in [0.05, 0.1) is 0 Å². The Morgan fingerprint density at radius 2 is 2.08 bits per heavy atom. The van der Waals surface area contributed by atoms with E-state index in [1.54, 1.807) is 11.8 Å². The number of anilines is 1. The predicted molar refractivity (Wildman–Crippen MR) is 53.5 cm³/mol. The summed E-state index contributed by atoms with van der Waals surface area (Å²) < 4.78 is 0. The number of H-pyrrole nitrogens is 1. The molecule has 1 fully saturated rings. The zero-order chi connectivity index (χ0) is 9.10. The quantitative estimate of drug-likeness (QED) is 0.760. The van der Waals surface area contributed by atoms with E-state index >= 15 is 0 Å². The molecule has 1 aromatic heterocycles. The molecule has 0 atom stereocenters. The highest BCUT2D eigenvalue weighted by Crippen LogP contribution is 2.31. The molecule has 0 aromatic carbocycles. The van der Waals surface area contributed by atoms with Crippen molar-refractivity contribution in [1.29, 1.82) is 0 Å². The summed E-state index contributed by atoms with van der Waals surface area (Å²) in [6, 6.07) is 0. The molecule has 2 rings (SSSR count). The van der Waals surface area contributed by atoms with Gasteiger partial charge in [0.2, 0.25) is 11.1 Å². The zero-order valence-corrected chi connectivity index (χ0v) is 8.31. The number of nitrogens with one attached hydrogen (secondary N) is 1. The number of rotatable bonds is 2. The minimum atomic E-state index is 0.415. The molecule has 1 heterocycles. The van der Waals surface area contributed by atoms with Crippen LogP contribution in [0.2, 0.25) is 0 Å². The van der Waals surface area contributed by atoms with Gasteiger partial charge in [0.25, 0.3) is 0 Å². The van der Waals surface area contributed by atoms with Gasteiger partial charge in [0.1, 0.15) is 0 Å². The summed E-state index contributed by atoms with van der Waals surface area (Å²) in [5.74, 6) is 0.415. The summed E-state index contributed by atoms with van der Waals surface area (Å²) in [4.78, 5) is 4.08. The van der Waals surface area contributed by atoms with E-state index in [-0.39, 0.29) is 0 Å². The van der Waals surface area contributed by atoms with Crippen molar-refractivity contribution in [2.24, 2.45) is 0 Å². The molecule has 72 valence electrons. The number of hydrogen-bond acceptors (Lipinski definition) is 4. The van der Waals surface area contributed by atoms with Gasteiger partial charge in [-0.25, -0.2) is 5.10 Å². The van der Waals surface area contributed by atoms with Crippen molar-refractivity contribution in [2.45, 2.75) is 42.5 Å². The second-order valence-corrected chi connectivity index (χ2v) is 4.65. The maximum Gasteiger partial charge on any atom is 0.216 e. The molecule has 4 nitrogen and oxygen atoms in total. The molecule has 0 amide bonds. The van der Waals surface area contributed by atoms with Crippen LogP contribution in [0.1, 0.15) is 32.1 Å². The van der Waals surface area contributed by atoms with E-state index in [0.29, 0.717) is 11.2 Å². The molecule has 0 saturated heterocycles. The zero-order valence-electron chi connectivity index (χ0n) is 7.49. The molecular weight excluding hydrogens is 184 g/mol. The number of nitrogens with zero attached hydrogens (tertiary/aromatic N) is 2. The Bertz CT molecular complexity index is 267. The summed E-state index contributed by atoms with van der Waals surface area (Å²) in [5, 5.41) is 8.16. The van der Waals surface area contributed by atoms with Crippen LogP contribution < -0.4 is 5.73 Å². The lowest BCUT2D eigenvalue weighted by molar-refractivity contribution is 0.515. The number of aromatic nitrogens is 3. The van der Waals surface area contributed by atoms with Crippen LogP contribution in [0.15, 0.2) is 5.16 Å². The molecule has 0 unspecified atom stereocenters. The molecule has 1 aliphatic carbocycles. The summed E-state index contributed by atoms with van der Waals surface area (Å²) in [6.45, 7) is 0. The van der Waals surface area contributed by atoms with Gasteiger partial charge in [-0.05, 0) is 12.8 Å². The van der Waals surface area contributed by atoms with Crippen LogP contribution in [0.25, 0.3) is 0 Å². The summed E-state index contributed by atoms with van der Waals surface area (Å²) >= 11 is 1.75. The van der Waals surface area contributed by atoms with Gasteiger partial charge in [-0.3, -0.25) is 0 Å². The van der Waals surface area contributed by atoms with Crippen LogP contribution >= 0.6 is 11.8 Å². The van der Waals surface area contributed by atoms with Crippen LogP contribution in [0, 0.1) is 0 Å². The standard InChI is InChI=1S/C8H14N4S/c9-7-10-8(12-11-7)13-6-4-2-1-3-5-6/h6H,1-5H2,(H3,9,10,11,12). The second kappa shape index (κ2) is 4.00. The van der Waals surface area contributed by atoms with E-state index in [1.165, 1.54) is 32.1 Å². The summed E-state index contributed by atoms with van der Waals surface area (Å²) in [7, 11) is 0. The lowest BCUT2D eigenvalue weighted by Crippen LogP contribution is -2.07. The van der Waals surface area contributed by atoms with Gasteiger partial charge in [-0.15, -0.1) is 5.10 Å². The predicted octanol–water partition coefficient (Wildman–Crippen LogP) is 1.81. The van der Waals surface area contributed by atoms with E-state index in [1.807, 2.05) is 0 Å². The molecule has 1 aliphatic rings. The van der Waals surface area contributed by atoms with Gasteiger partial charge in [0.15, 0.2) is 0 Å². The SMILES string of the molecule is Nc1nc(SC2CCCCC2)n[nH]1. The molecule has 1 aromatic rings. The van der Waals surface area contributed by atoms with E-state index in [9.17, 15) is 0 Å². The molecule has 13 heavy (non-hydrogen) atoms. The molecule has 1 saturated carbocycles. The van der Waals surface area contributed by atoms with Crippen molar-refractivity contribution >= 4 is 17.7 Å². The third-order valence-electron chi connectivity index (χ3n) is 2.31. The van der Waals surface area contributed by atoms with Gasteiger partial charge >= 0.3 is 0 Å². The lowest BCUT2D eigenvalue weighted by Gasteiger charge is -2.18. The van der Waals surface area contributed by atoms with Crippen molar-refractivity contribution in [3.05, 3.63) is 0 Å². The fourth-order valence-corrected chi connectivity index (χ4v) is 2.76. The normalized spacial score (nSPS) is 19.1. The van der Waals surface area contributed by atoms with Gasteiger partial charge in [-0.1, -0.05) is 31.0 Å². The smallest absolute Gasteiger partial charge is 0.216 e. The molecule has 3 N–H and O–H groups in total. The third kappa shape index (κ3) is 2.37. The number of aromatic amines is 1. The van der Waals surface area contributed by atoms with Crippen molar-refractivity contribution in [3.63, 3.8) is 0 Å². The van der Waals surface area contributed by atoms with E-state index in [4.69, 9.17) is 5.73 Å². The minimum Gasteiger partial charge on any atom is -0.368 e. The molecule has 0 aliphatic heterocycles. The largest absolute Gasteiger partial charge is 0.368 e. The number of nitrogen functional groups attached to an aromatic ring is 1. The minimum absolute atomic E-state index is 0.415. The Morgan fingerprint density at radius 3 is 2.69 bits per heavy atom. The topological polar surface area (TPSA) is 67.6 Å². The molecular formula is C8H14N4S. The Morgan fingerprint density at radius 1 is 1.31 bits per heavy atom. The van der Waals surface area contributed by atoms with Crippen LogP contribution in [0.4, 0.5) is 5.95 Å². The monoisotopic (exact) mass is 198 g/mol. The van der Waals surface area contributed by atoms with Crippen LogP contribution in [0.3, 0.4) is 0 Å². The average Bonchev–Trinajstić information content (AvgIpc) is 2.53. The van der Waals surface area contributed by atoms with Gasteiger partial charge < -0.3 is 5.73 Å². The van der Waals surface area contributed by atoms with Crippen molar-refractivity contribution in [1.82, 2.24) is 15.2 Å². The number of nitrogens with two attached hydrogens (primary N) is 1. The Labute approximate surface area is 81.7 Å². The van der Waals surface area contributed by atoms with Crippen molar-refractivity contribution < 1.29 is 0 Å². The first-order valence-corrected chi connectivity index (χ1v) is 5.57. The fourth-order valence-electron chi connectivity index (χ4n) is 1.64. The fraction of sp³-hybridized carbons (Fsp3) is 0.750. The Kier molecular flexibility index (Phi) is 2.73. The lowest BCUT2D eigenvalue weighted by atomic mass is 10.0. The van der Waals surface area contributed by atoms with Crippen LogP contribution in [-0.4, -0.2) is 20.4 Å². The van der Waals surface area contributed by atoms with Crippen molar-refractivity contribution in [2.75, 3.05) is 5.73 Å². The first-order valence-electron chi connectivity index (χ1n) is 4.69. The van der Waals surface area contributed by atoms with E-state index in [0.717, 1.165) is 5.16 Å². The summed E-state index contributed by atoms with van der Waals surface area (Å²) in [5.41, 5.74) is 5.44. The molecule has 0 bridgehead atoms. The highest BCUT2D eigenvalue weighted by atomic mass is 32.2. The third-order valence-corrected chi connectivity index (χ3v) is 3.50. The Balaban J connectivity index is 1.89. The second-order valence-electron chi connectivity index (χ2n) is 3.38. The highest BCUT2D eigenvalue weighted by molar-refractivity contribution is 7.99. The van der Waals surface area contributed by atoms with Gasteiger partial charge in [0, 0.05) is 5.25 Å². The van der Waals surface area contributed by atoms with Crippen LogP contribution in [-0.2, 0) is 0 Å². The van der Waals surface area contributed by atoms with Gasteiger partial charge in [-0.2, -0.15) is 4.98 Å². The maximum absolute atomic E-state index is 5.44. The molecule has 0 radical (unpaired) electrons. The molecule has 5 heteroatoms. The van der Waals surface area contributed by atoms with Crippen molar-refractivity contribution in [3.8, 4) is 0 Å². The summed E-state index contributed by atoms with van der Waals surface area (Å²) in [6.07, 6.45) is 6.65. The van der Waals surface area contributed by atoms with E-state index in [2.05, 4.69) is 15.2 Å². The molecule has 0 spiro atoms. The van der Waals surface area contributed by atoms with Crippen LogP contribution in [0.5, 0.6) is 0 Å². The first kappa shape index (κ1) is 8.87. The number of thioether (sulfide) groups is 1. The Hall–Kier alpha value is -0.710. The highest BCUT2D eigenvalue weighted by Gasteiger charge is 2.16. The first-order chi connectivity index (χ1) is 6.34. The van der Waals surface area contributed by atoms with E-state index < -0.39 is 0 Å².